The molecule has 1 amide bonds. The molecule has 0 bridgehead atoms. The van der Waals surface area contributed by atoms with Crippen molar-refractivity contribution in [1.29, 1.82) is 0 Å². The predicted molar refractivity (Wildman–Crippen MR) is 105 cm³/mol. The molecule has 0 aliphatic heterocycles. The van der Waals surface area contributed by atoms with Crippen molar-refractivity contribution in [3.63, 3.8) is 0 Å². The van der Waals surface area contributed by atoms with Gasteiger partial charge in [-0.2, -0.15) is 0 Å². The molecule has 3 aromatic rings. The van der Waals surface area contributed by atoms with Crippen molar-refractivity contribution in [3.8, 4) is 0 Å². The zero-order valence-corrected chi connectivity index (χ0v) is 16.4. The summed E-state index contributed by atoms with van der Waals surface area (Å²) in [4.78, 5) is 27.8. The SMILES string of the molecule is Cc1cc(C)c2cc(CCNC(=O)c3c(C)noc3C(C)C)c(=O)[nH]c2c1. The molecule has 0 spiro atoms. The maximum atomic E-state index is 12.5. The van der Waals surface area contributed by atoms with Crippen LogP contribution in [0.2, 0.25) is 0 Å². The molecule has 6 nitrogen and oxygen atoms in total. The second kappa shape index (κ2) is 7.39. The molecule has 27 heavy (non-hydrogen) atoms. The lowest BCUT2D eigenvalue weighted by Gasteiger charge is -2.09. The van der Waals surface area contributed by atoms with E-state index in [2.05, 4.69) is 21.5 Å². The van der Waals surface area contributed by atoms with Crippen LogP contribution in [0.15, 0.2) is 27.5 Å². The van der Waals surface area contributed by atoms with Crippen LogP contribution in [0.3, 0.4) is 0 Å². The largest absolute Gasteiger partial charge is 0.360 e. The van der Waals surface area contributed by atoms with Crippen molar-refractivity contribution in [1.82, 2.24) is 15.5 Å². The van der Waals surface area contributed by atoms with E-state index in [1.807, 2.05) is 39.8 Å². The predicted octanol–water partition coefficient (Wildman–Crippen LogP) is 3.54. The molecule has 142 valence electrons. The van der Waals surface area contributed by atoms with Crippen LogP contribution in [0.5, 0.6) is 0 Å². The highest BCUT2D eigenvalue weighted by molar-refractivity contribution is 5.96. The number of aromatic nitrogens is 2. The van der Waals surface area contributed by atoms with Crippen LogP contribution in [0.4, 0.5) is 0 Å². The van der Waals surface area contributed by atoms with Crippen LogP contribution in [0.25, 0.3) is 10.9 Å². The fourth-order valence-electron chi connectivity index (χ4n) is 3.36. The van der Waals surface area contributed by atoms with Gasteiger partial charge in [-0.15, -0.1) is 0 Å². The number of pyridine rings is 1. The number of carbonyl (C=O) groups is 1. The van der Waals surface area contributed by atoms with Crippen LogP contribution < -0.4 is 10.9 Å². The van der Waals surface area contributed by atoms with E-state index < -0.39 is 0 Å². The summed E-state index contributed by atoms with van der Waals surface area (Å²) in [6, 6.07) is 5.98. The Morgan fingerprint density at radius 3 is 2.67 bits per heavy atom. The zero-order valence-electron chi connectivity index (χ0n) is 16.4. The van der Waals surface area contributed by atoms with E-state index in [4.69, 9.17) is 4.52 Å². The maximum Gasteiger partial charge on any atom is 0.256 e. The summed E-state index contributed by atoms with van der Waals surface area (Å²) in [6.07, 6.45) is 0.450. The molecule has 0 saturated heterocycles. The topological polar surface area (TPSA) is 88.0 Å². The zero-order chi connectivity index (χ0) is 19.7. The second-order valence-corrected chi connectivity index (χ2v) is 7.33. The fraction of sp³-hybridized carbons (Fsp3) is 0.381. The van der Waals surface area contributed by atoms with Crippen molar-refractivity contribution in [2.24, 2.45) is 0 Å². The van der Waals surface area contributed by atoms with E-state index in [1.54, 1.807) is 6.92 Å². The highest BCUT2D eigenvalue weighted by atomic mass is 16.5. The number of benzene rings is 1. The highest BCUT2D eigenvalue weighted by Gasteiger charge is 2.22. The first-order valence-corrected chi connectivity index (χ1v) is 9.15. The summed E-state index contributed by atoms with van der Waals surface area (Å²) < 4.78 is 5.27. The Hall–Kier alpha value is -2.89. The van der Waals surface area contributed by atoms with Gasteiger partial charge in [0.1, 0.15) is 5.56 Å². The fourth-order valence-corrected chi connectivity index (χ4v) is 3.36. The number of aromatic amines is 1. The highest BCUT2D eigenvalue weighted by Crippen LogP contribution is 2.22. The molecule has 6 heteroatoms. The molecule has 0 saturated carbocycles. The number of hydrogen-bond donors (Lipinski definition) is 2. The van der Waals surface area contributed by atoms with E-state index in [9.17, 15) is 9.59 Å². The van der Waals surface area contributed by atoms with Gasteiger partial charge in [0.05, 0.1) is 5.69 Å². The molecule has 0 fully saturated rings. The van der Waals surface area contributed by atoms with Crippen LogP contribution >= 0.6 is 0 Å². The third kappa shape index (κ3) is 3.79. The minimum atomic E-state index is -0.221. The number of H-pyrrole nitrogens is 1. The van der Waals surface area contributed by atoms with Crippen molar-refractivity contribution in [3.05, 3.63) is 62.3 Å². The monoisotopic (exact) mass is 367 g/mol. The van der Waals surface area contributed by atoms with Gasteiger partial charge in [0.25, 0.3) is 11.5 Å². The minimum Gasteiger partial charge on any atom is -0.360 e. The van der Waals surface area contributed by atoms with Gasteiger partial charge in [0.15, 0.2) is 5.76 Å². The van der Waals surface area contributed by atoms with Gasteiger partial charge in [0, 0.05) is 28.9 Å². The molecule has 0 unspecified atom stereocenters. The molecule has 2 aromatic heterocycles. The smallest absolute Gasteiger partial charge is 0.256 e. The number of rotatable bonds is 5. The number of aryl methyl sites for hydroxylation is 3. The molecule has 0 aliphatic carbocycles. The van der Waals surface area contributed by atoms with Crippen molar-refractivity contribution in [2.75, 3.05) is 6.54 Å². The number of fused-ring (bicyclic) bond motifs is 1. The second-order valence-electron chi connectivity index (χ2n) is 7.33. The molecule has 0 atom stereocenters. The van der Waals surface area contributed by atoms with Crippen molar-refractivity contribution in [2.45, 2.75) is 47.0 Å². The van der Waals surface area contributed by atoms with Crippen LogP contribution in [-0.4, -0.2) is 22.6 Å². The van der Waals surface area contributed by atoms with Gasteiger partial charge in [-0.1, -0.05) is 25.1 Å². The molecular weight excluding hydrogens is 342 g/mol. The van der Waals surface area contributed by atoms with Crippen LogP contribution in [0, 0.1) is 20.8 Å². The summed E-state index contributed by atoms with van der Waals surface area (Å²) in [6.45, 7) is 10.1. The number of amides is 1. The Balaban J connectivity index is 1.76. The number of carbonyl (C=O) groups excluding carboxylic acids is 1. The van der Waals surface area contributed by atoms with Crippen molar-refractivity contribution < 1.29 is 9.32 Å². The van der Waals surface area contributed by atoms with Gasteiger partial charge in [-0.25, -0.2) is 0 Å². The lowest BCUT2D eigenvalue weighted by atomic mass is 10.0. The average Bonchev–Trinajstić information content (AvgIpc) is 2.97. The normalized spacial score (nSPS) is 11.3. The molecule has 2 N–H and O–H groups in total. The lowest BCUT2D eigenvalue weighted by molar-refractivity contribution is 0.0951. The van der Waals surface area contributed by atoms with Gasteiger partial charge in [-0.05, 0) is 50.5 Å². The standard InChI is InChI=1S/C21H25N3O3/c1-11(2)19-18(14(5)24-27-19)21(26)22-7-6-15-10-16-13(4)8-12(3)9-17(16)23-20(15)25/h8-11H,6-7H2,1-5H3,(H,22,26)(H,23,25). The molecule has 0 aliphatic rings. The number of nitrogens with zero attached hydrogens (tertiary/aromatic N) is 1. The molecule has 3 rings (SSSR count). The Morgan fingerprint density at radius 2 is 1.96 bits per heavy atom. The van der Waals surface area contributed by atoms with E-state index in [1.165, 1.54) is 0 Å². The number of nitrogens with one attached hydrogen (secondary N) is 2. The van der Waals surface area contributed by atoms with Crippen LogP contribution in [-0.2, 0) is 6.42 Å². The molecular formula is C21H25N3O3. The maximum absolute atomic E-state index is 12.5. The van der Waals surface area contributed by atoms with Crippen molar-refractivity contribution >= 4 is 16.8 Å². The minimum absolute atomic E-state index is 0.0710. The molecule has 1 aromatic carbocycles. The first-order valence-electron chi connectivity index (χ1n) is 9.15. The van der Waals surface area contributed by atoms with E-state index in [0.29, 0.717) is 35.5 Å². The first kappa shape index (κ1) is 18.9. The summed E-state index contributed by atoms with van der Waals surface area (Å²) in [7, 11) is 0. The van der Waals surface area contributed by atoms with E-state index >= 15 is 0 Å². The molecule has 2 heterocycles. The first-order chi connectivity index (χ1) is 12.8. The Bertz CT molecular complexity index is 1060. The summed E-state index contributed by atoms with van der Waals surface area (Å²) in [5, 5.41) is 7.80. The summed E-state index contributed by atoms with van der Waals surface area (Å²) in [5.41, 5.74) is 4.67. The third-order valence-electron chi connectivity index (χ3n) is 4.71. The Kier molecular flexibility index (Phi) is 5.17. The van der Waals surface area contributed by atoms with Gasteiger partial charge >= 0.3 is 0 Å². The van der Waals surface area contributed by atoms with Gasteiger partial charge in [0.2, 0.25) is 0 Å². The summed E-state index contributed by atoms with van der Waals surface area (Å²) >= 11 is 0. The van der Waals surface area contributed by atoms with E-state index in [0.717, 1.165) is 22.0 Å². The lowest BCUT2D eigenvalue weighted by Crippen LogP contribution is -2.28. The third-order valence-corrected chi connectivity index (χ3v) is 4.71. The van der Waals surface area contributed by atoms with Crippen LogP contribution in [0.1, 0.15) is 58.3 Å². The Labute approximate surface area is 158 Å². The molecule has 0 radical (unpaired) electrons. The number of hydrogen-bond acceptors (Lipinski definition) is 4. The quantitative estimate of drug-likeness (QED) is 0.722. The van der Waals surface area contributed by atoms with Gasteiger partial charge in [-0.3, -0.25) is 9.59 Å². The Morgan fingerprint density at radius 1 is 1.22 bits per heavy atom. The average molecular weight is 367 g/mol. The summed E-state index contributed by atoms with van der Waals surface area (Å²) in [5.74, 6) is 0.433. The van der Waals surface area contributed by atoms with E-state index in [-0.39, 0.29) is 17.4 Å². The van der Waals surface area contributed by atoms with Gasteiger partial charge < -0.3 is 14.8 Å².